The number of carbonyl (C=O) groups is 1. The van der Waals surface area contributed by atoms with Crippen LogP contribution in [0.2, 0.25) is 0 Å². The molecule has 4 rings (SSSR count). The van der Waals surface area contributed by atoms with Crippen LogP contribution in [0.5, 0.6) is 5.75 Å². The van der Waals surface area contributed by atoms with Gasteiger partial charge in [0.2, 0.25) is 5.91 Å². The summed E-state index contributed by atoms with van der Waals surface area (Å²) in [5, 5.41) is 4.01. The highest BCUT2D eigenvalue weighted by Gasteiger charge is 2.17. The van der Waals surface area contributed by atoms with Gasteiger partial charge in [-0.05, 0) is 55.8 Å². The molecule has 6 heteroatoms. The van der Waals surface area contributed by atoms with E-state index < -0.39 is 0 Å². The average molecular weight is 419 g/mol. The zero-order valence-corrected chi connectivity index (χ0v) is 18.1. The summed E-state index contributed by atoms with van der Waals surface area (Å²) in [6, 6.07) is 18.2. The SMILES string of the molecule is COc1ccc(N2CCN(CCCCC(=O)Nc3cnc4ccccc4c3)CC2)cc1. The number of carbonyl (C=O) groups excluding carboxylic acids is 1. The van der Waals surface area contributed by atoms with Crippen LogP contribution in [0.3, 0.4) is 0 Å². The van der Waals surface area contributed by atoms with Crippen LogP contribution < -0.4 is 15.0 Å². The number of unbranched alkanes of at least 4 members (excludes halogenated alkanes) is 1. The summed E-state index contributed by atoms with van der Waals surface area (Å²) in [5.41, 5.74) is 2.95. The van der Waals surface area contributed by atoms with E-state index in [2.05, 4.69) is 32.2 Å². The zero-order valence-electron chi connectivity index (χ0n) is 18.1. The molecule has 0 aliphatic carbocycles. The number of fused-ring (bicyclic) bond motifs is 1. The van der Waals surface area contributed by atoms with Crippen LogP contribution in [0.25, 0.3) is 10.9 Å². The second-order valence-corrected chi connectivity index (χ2v) is 7.95. The van der Waals surface area contributed by atoms with Gasteiger partial charge in [-0.3, -0.25) is 14.7 Å². The molecule has 162 valence electrons. The van der Waals surface area contributed by atoms with Gasteiger partial charge in [0.05, 0.1) is 24.5 Å². The van der Waals surface area contributed by atoms with Gasteiger partial charge in [-0.2, -0.15) is 0 Å². The predicted octanol–water partition coefficient (Wildman–Crippen LogP) is 4.17. The molecule has 1 saturated heterocycles. The maximum Gasteiger partial charge on any atom is 0.224 e. The summed E-state index contributed by atoms with van der Waals surface area (Å²) >= 11 is 0. The highest BCUT2D eigenvalue weighted by molar-refractivity contribution is 5.93. The Bertz CT molecular complexity index is 998. The largest absolute Gasteiger partial charge is 0.497 e. The number of methoxy groups -OCH3 is 1. The summed E-state index contributed by atoms with van der Waals surface area (Å²) in [6.45, 7) is 5.22. The molecule has 0 spiro atoms. The molecule has 1 N–H and O–H groups in total. The molecule has 2 aromatic carbocycles. The second-order valence-electron chi connectivity index (χ2n) is 7.95. The first kappa shape index (κ1) is 21.1. The fraction of sp³-hybridized carbons (Fsp3) is 0.360. The molecule has 0 atom stereocenters. The highest BCUT2D eigenvalue weighted by Crippen LogP contribution is 2.21. The number of benzene rings is 2. The number of aromatic nitrogens is 1. The number of hydrogen-bond donors (Lipinski definition) is 1. The minimum absolute atomic E-state index is 0.0569. The number of pyridine rings is 1. The molecular formula is C25H30N4O2. The lowest BCUT2D eigenvalue weighted by Gasteiger charge is -2.36. The lowest BCUT2D eigenvalue weighted by Crippen LogP contribution is -2.46. The molecule has 1 aliphatic rings. The van der Waals surface area contributed by atoms with Crippen molar-refractivity contribution in [3.63, 3.8) is 0 Å². The van der Waals surface area contributed by atoms with Gasteiger partial charge in [0.25, 0.3) is 0 Å². The van der Waals surface area contributed by atoms with E-state index in [1.54, 1.807) is 13.3 Å². The van der Waals surface area contributed by atoms with Gasteiger partial charge in [0.15, 0.2) is 0 Å². The van der Waals surface area contributed by atoms with Gasteiger partial charge in [0.1, 0.15) is 5.75 Å². The van der Waals surface area contributed by atoms with Crippen molar-refractivity contribution in [3.05, 3.63) is 60.8 Å². The first-order valence-electron chi connectivity index (χ1n) is 11.0. The summed E-state index contributed by atoms with van der Waals surface area (Å²) in [6.07, 6.45) is 4.19. The smallest absolute Gasteiger partial charge is 0.224 e. The van der Waals surface area contributed by atoms with Crippen LogP contribution in [-0.4, -0.2) is 55.6 Å². The van der Waals surface area contributed by atoms with E-state index in [1.165, 1.54) is 5.69 Å². The molecule has 6 nitrogen and oxygen atoms in total. The monoisotopic (exact) mass is 418 g/mol. The number of nitrogens with zero attached hydrogens (tertiary/aromatic N) is 3. The Kier molecular flexibility index (Phi) is 6.99. The summed E-state index contributed by atoms with van der Waals surface area (Å²) in [5.74, 6) is 0.949. The number of para-hydroxylation sites is 1. The van der Waals surface area contributed by atoms with Gasteiger partial charge < -0.3 is 15.0 Å². The first-order chi connectivity index (χ1) is 15.2. The van der Waals surface area contributed by atoms with E-state index in [0.29, 0.717) is 6.42 Å². The standard InChI is InChI=1S/C25H30N4O2/c1-31-23-11-9-22(10-12-23)29-16-14-28(15-17-29)13-5-4-8-25(30)27-21-18-20-6-2-3-7-24(20)26-19-21/h2-3,6-7,9-12,18-19H,4-5,8,13-17H2,1H3,(H,27,30). The van der Waals surface area contributed by atoms with Crippen molar-refractivity contribution in [2.24, 2.45) is 0 Å². The fourth-order valence-corrected chi connectivity index (χ4v) is 4.01. The van der Waals surface area contributed by atoms with Crippen molar-refractivity contribution in [2.45, 2.75) is 19.3 Å². The number of amides is 1. The van der Waals surface area contributed by atoms with Crippen LogP contribution in [0, 0.1) is 0 Å². The van der Waals surface area contributed by atoms with Gasteiger partial charge >= 0.3 is 0 Å². The van der Waals surface area contributed by atoms with Gasteiger partial charge in [-0.15, -0.1) is 0 Å². The maximum atomic E-state index is 12.3. The highest BCUT2D eigenvalue weighted by atomic mass is 16.5. The lowest BCUT2D eigenvalue weighted by atomic mass is 10.2. The molecule has 1 fully saturated rings. The third-order valence-electron chi connectivity index (χ3n) is 5.81. The van der Waals surface area contributed by atoms with E-state index in [1.807, 2.05) is 42.5 Å². The van der Waals surface area contributed by atoms with E-state index in [0.717, 1.165) is 67.9 Å². The number of hydrogen-bond acceptors (Lipinski definition) is 5. The van der Waals surface area contributed by atoms with Crippen LogP contribution in [-0.2, 0) is 4.79 Å². The molecule has 0 saturated carbocycles. The van der Waals surface area contributed by atoms with Crippen LogP contribution in [0.4, 0.5) is 11.4 Å². The van der Waals surface area contributed by atoms with Gasteiger partial charge in [0, 0.05) is 43.7 Å². The Balaban J connectivity index is 1.14. The van der Waals surface area contributed by atoms with Crippen molar-refractivity contribution in [1.82, 2.24) is 9.88 Å². The minimum atomic E-state index is 0.0569. The molecule has 1 amide bonds. The quantitative estimate of drug-likeness (QED) is 0.557. The summed E-state index contributed by atoms with van der Waals surface area (Å²) in [4.78, 5) is 21.6. The van der Waals surface area contributed by atoms with Crippen molar-refractivity contribution in [1.29, 1.82) is 0 Å². The van der Waals surface area contributed by atoms with E-state index in [9.17, 15) is 4.79 Å². The van der Waals surface area contributed by atoms with Crippen molar-refractivity contribution in [3.8, 4) is 5.75 Å². The predicted molar refractivity (Wildman–Crippen MR) is 126 cm³/mol. The summed E-state index contributed by atoms with van der Waals surface area (Å²) < 4.78 is 5.24. The second kappa shape index (κ2) is 10.3. The molecule has 1 aliphatic heterocycles. The van der Waals surface area contributed by atoms with Crippen molar-refractivity contribution in [2.75, 3.05) is 50.1 Å². The van der Waals surface area contributed by atoms with E-state index in [-0.39, 0.29) is 5.91 Å². The Morgan fingerprint density at radius 2 is 1.81 bits per heavy atom. The first-order valence-corrected chi connectivity index (χ1v) is 11.0. The number of rotatable bonds is 8. The Hall–Kier alpha value is -3.12. The van der Waals surface area contributed by atoms with Crippen LogP contribution >= 0.6 is 0 Å². The zero-order chi connectivity index (χ0) is 21.5. The molecular weight excluding hydrogens is 388 g/mol. The van der Waals surface area contributed by atoms with Gasteiger partial charge in [-0.25, -0.2) is 0 Å². The van der Waals surface area contributed by atoms with Crippen LogP contribution in [0.15, 0.2) is 60.8 Å². The third kappa shape index (κ3) is 5.73. The van der Waals surface area contributed by atoms with Crippen molar-refractivity contribution >= 4 is 28.2 Å². The lowest BCUT2D eigenvalue weighted by molar-refractivity contribution is -0.116. The molecule has 0 radical (unpaired) electrons. The fourth-order valence-electron chi connectivity index (χ4n) is 4.01. The third-order valence-corrected chi connectivity index (χ3v) is 5.81. The molecule has 2 heterocycles. The Morgan fingerprint density at radius 3 is 2.58 bits per heavy atom. The van der Waals surface area contributed by atoms with Gasteiger partial charge in [-0.1, -0.05) is 18.2 Å². The normalized spacial score (nSPS) is 14.5. The molecule has 0 unspecified atom stereocenters. The van der Waals surface area contributed by atoms with E-state index >= 15 is 0 Å². The van der Waals surface area contributed by atoms with Crippen LogP contribution in [0.1, 0.15) is 19.3 Å². The Labute approximate surface area is 183 Å². The Morgan fingerprint density at radius 1 is 1.03 bits per heavy atom. The molecule has 3 aromatic rings. The topological polar surface area (TPSA) is 57.7 Å². The number of ether oxygens (including phenoxy) is 1. The number of nitrogens with one attached hydrogen (secondary N) is 1. The number of anilines is 2. The summed E-state index contributed by atoms with van der Waals surface area (Å²) in [7, 11) is 1.69. The molecule has 31 heavy (non-hydrogen) atoms. The van der Waals surface area contributed by atoms with E-state index in [4.69, 9.17) is 4.74 Å². The average Bonchev–Trinajstić information content (AvgIpc) is 2.82. The number of piperazine rings is 1. The molecule has 1 aromatic heterocycles. The molecule has 0 bridgehead atoms. The minimum Gasteiger partial charge on any atom is -0.497 e. The maximum absolute atomic E-state index is 12.3. The van der Waals surface area contributed by atoms with Crippen molar-refractivity contribution < 1.29 is 9.53 Å².